The highest BCUT2D eigenvalue weighted by Crippen LogP contribution is 2.25. The van der Waals surface area contributed by atoms with Gasteiger partial charge in [-0.1, -0.05) is 30.3 Å². The molecule has 36 heavy (non-hydrogen) atoms. The third kappa shape index (κ3) is 5.50. The van der Waals surface area contributed by atoms with Gasteiger partial charge in [-0.05, 0) is 85.5 Å². The maximum atomic E-state index is 13.1. The molecule has 0 atom stereocenters. The Kier molecular flexibility index (Phi) is 6.96. The molecule has 2 N–H and O–H groups in total. The Hall–Kier alpha value is -4.72. The molecule has 3 aromatic carbocycles. The summed E-state index contributed by atoms with van der Waals surface area (Å²) in [6.45, 7) is 5.51. The number of anilines is 2. The van der Waals surface area contributed by atoms with Crippen LogP contribution in [0.4, 0.5) is 16.2 Å². The highest BCUT2D eigenvalue weighted by atomic mass is 16.5. The molecule has 1 aliphatic rings. The number of hydrogen-bond acceptors (Lipinski definition) is 5. The molecule has 8 nitrogen and oxygen atoms in total. The van der Waals surface area contributed by atoms with E-state index in [0.29, 0.717) is 22.7 Å². The van der Waals surface area contributed by atoms with Crippen molar-refractivity contribution in [2.75, 3.05) is 16.8 Å². The second kappa shape index (κ2) is 10.3. The Labute approximate surface area is 208 Å². The van der Waals surface area contributed by atoms with Gasteiger partial charge in [0.1, 0.15) is 11.3 Å². The van der Waals surface area contributed by atoms with Gasteiger partial charge in [0, 0.05) is 5.69 Å². The minimum absolute atomic E-state index is 0.192. The number of carbonyl (C=O) groups excluding carboxylic acids is 4. The highest BCUT2D eigenvalue weighted by Gasteiger charge is 2.36. The van der Waals surface area contributed by atoms with Gasteiger partial charge in [-0.15, -0.1) is 0 Å². The SMILES string of the molecule is Cc1cccc(NC(=O)COc2cccc(/C=C3/C(=O)NC(=O)N(c4ccc(C)c(C)c4)C3=O)c2)c1. The second-order valence-corrected chi connectivity index (χ2v) is 8.51. The van der Waals surface area contributed by atoms with Crippen molar-refractivity contribution in [3.05, 3.63) is 94.6 Å². The molecule has 0 spiro atoms. The van der Waals surface area contributed by atoms with Crippen molar-refractivity contribution < 1.29 is 23.9 Å². The molecule has 0 saturated carbocycles. The van der Waals surface area contributed by atoms with Crippen molar-refractivity contribution >= 4 is 41.2 Å². The first-order valence-electron chi connectivity index (χ1n) is 11.3. The molecule has 0 bridgehead atoms. The third-order valence-corrected chi connectivity index (χ3v) is 5.69. The number of rotatable bonds is 6. The third-order valence-electron chi connectivity index (χ3n) is 5.69. The van der Waals surface area contributed by atoms with Gasteiger partial charge in [-0.25, -0.2) is 9.69 Å². The number of barbiturate groups is 1. The average Bonchev–Trinajstić information content (AvgIpc) is 2.83. The van der Waals surface area contributed by atoms with Crippen LogP contribution in [0.25, 0.3) is 6.08 Å². The van der Waals surface area contributed by atoms with Crippen LogP contribution in [0.2, 0.25) is 0 Å². The average molecular weight is 484 g/mol. The molecule has 1 fully saturated rings. The van der Waals surface area contributed by atoms with Crippen molar-refractivity contribution in [2.24, 2.45) is 0 Å². The molecule has 5 amide bonds. The lowest BCUT2D eigenvalue weighted by Crippen LogP contribution is -2.54. The standard InChI is InChI=1S/C28H25N3O5/c1-17-6-4-8-21(12-17)29-25(32)16-36-23-9-5-7-20(14-23)15-24-26(33)30-28(35)31(27(24)34)22-11-10-18(2)19(3)13-22/h4-15H,16H2,1-3H3,(H,29,32)(H,30,33,35)/b24-15-. The van der Waals surface area contributed by atoms with E-state index in [4.69, 9.17) is 4.74 Å². The monoisotopic (exact) mass is 483 g/mol. The first-order valence-corrected chi connectivity index (χ1v) is 11.3. The minimum Gasteiger partial charge on any atom is -0.484 e. The van der Waals surface area contributed by atoms with Crippen LogP contribution in [0, 0.1) is 20.8 Å². The normalized spacial score (nSPS) is 14.6. The lowest BCUT2D eigenvalue weighted by Gasteiger charge is -2.26. The fraction of sp³-hybridized carbons (Fsp3) is 0.143. The predicted octanol–water partition coefficient (Wildman–Crippen LogP) is 4.30. The molecule has 1 aliphatic heterocycles. The summed E-state index contributed by atoms with van der Waals surface area (Å²) < 4.78 is 5.59. The van der Waals surface area contributed by atoms with Crippen LogP contribution in [0.5, 0.6) is 5.75 Å². The summed E-state index contributed by atoms with van der Waals surface area (Å²) in [4.78, 5) is 51.3. The maximum absolute atomic E-state index is 13.1. The number of imide groups is 2. The van der Waals surface area contributed by atoms with Crippen molar-refractivity contribution in [3.63, 3.8) is 0 Å². The van der Waals surface area contributed by atoms with Crippen LogP contribution in [-0.4, -0.2) is 30.4 Å². The summed E-state index contributed by atoms with van der Waals surface area (Å²) in [5, 5.41) is 4.99. The van der Waals surface area contributed by atoms with Crippen molar-refractivity contribution in [3.8, 4) is 5.75 Å². The fourth-order valence-corrected chi connectivity index (χ4v) is 3.69. The molecule has 0 unspecified atom stereocenters. The Balaban J connectivity index is 1.50. The number of aryl methyl sites for hydroxylation is 3. The van der Waals surface area contributed by atoms with Crippen LogP contribution in [0.3, 0.4) is 0 Å². The van der Waals surface area contributed by atoms with Gasteiger partial charge in [-0.2, -0.15) is 0 Å². The topological polar surface area (TPSA) is 105 Å². The summed E-state index contributed by atoms with van der Waals surface area (Å²) in [7, 11) is 0. The van der Waals surface area contributed by atoms with Crippen molar-refractivity contribution in [1.82, 2.24) is 5.32 Å². The van der Waals surface area contributed by atoms with Crippen LogP contribution in [0.1, 0.15) is 22.3 Å². The Morgan fingerprint density at radius 1 is 0.944 bits per heavy atom. The molecule has 8 heteroatoms. The van der Waals surface area contributed by atoms with Crippen molar-refractivity contribution in [1.29, 1.82) is 0 Å². The lowest BCUT2D eigenvalue weighted by atomic mass is 10.0. The summed E-state index contributed by atoms with van der Waals surface area (Å²) in [6, 6.07) is 18.4. The molecule has 182 valence electrons. The maximum Gasteiger partial charge on any atom is 0.335 e. The molecular formula is C28H25N3O5. The number of carbonyl (C=O) groups is 4. The number of nitrogens with zero attached hydrogens (tertiary/aromatic N) is 1. The second-order valence-electron chi connectivity index (χ2n) is 8.51. The summed E-state index contributed by atoms with van der Waals surface area (Å²) in [5.41, 5.74) is 4.30. The van der Waals surface area contributed by atoms with Gasteiger partial charge in [0.15, 0.2) is 6.61 Å². The summed E-state index contributed by atoms with van der Waals surface area (Å²) >= 11 is 0. The van der Waals surface area contributed by atoms with E-state index in [1.165, 1.54) is 6.08 Å². The van der Waals surface area contributed by atoms with E-state index in [1.54, 1.807) is 48.5 Å². The van der Waals surface area contributed by atoms with Crippen LogP contribution < -0.4 is 20.3 Å². The van der Waals surface area contributed by atoms with Gasteiger partial charge in [0.2, 0.25) is 0 Å². The minimum atomic E-state index is -0.804. The number of hydrogen-bond donors (Lipinski definition) is 2. The Morgan fingerprint density at radius 3 is 2.47 bits per heavy atom. The van der Waals surface area contributed by atoms with Gasteiger partial charge in [0.25, 0.3) is 17.7 Å². The number of benzene rings is 3. The zero-order valence-electron chi connectivity index (χ0n) is 20.1. The predicted molar refractivity (Wildman–Crippen MR) is 137 cm³/mol. The van der Waals surface area contributed by atoms with E-state index in [0.717, 1.165) is 21.6 Å². The zero-order chi connectivity index (χ0) is 25.8. The molecular weight excluding hydrogens is 458 g/mol. The van der Waals surface area contributed by atoms with Crippen LogP contribution in [-0.2, 0) is 14.4 Å². The first kappa shape index (κ1) is 24.4. The van der Waals surface area contributed by atoms with Gasteiger partial charge >= 0.3 is 6.03 Å². The van der Waals surface area contributed by atoms with Crippen molar-refractivity contribution in [2.45, 2.75) is 20.8 Å². The number of ether oxygens (including phenoxy) is 1. The number of nitrogens with one attached hydrogen (secondary N) is 2. The molecule has 0 aliphatic carbocycles. The highest BCUT2D eigenvalue weighted by molar-refractivity contribution is 6.39. The molecule has 1 heterocycles. The molecule has 0 radical (unpaired) electrons. The van der Waals surface area contributed by atoms with E-state index in [2.05, 4.69) is 10.6 Å². The van der Waals surface area contributed by atoms with Gasteiger partial charge < -0.3 is 10.1 Å². The number of amides is 5. The van der Waals surface area contributed by atoms with Gasteiger partial charge in [0.05, 0.1) is 5.69 Å². The number of urea groups is 1. The molecule has 1 saturated heterocycles. The van der Waals surface area contributed by atoms with Crippen LogP contribution in [0.15, 0.2) is 72.3 Å². The Bertz CT molecular complexity index is 1410. The smallest absolute Gasteiger partial charge is 0.335 e. The first-order chi connectivity index (χ1) is 17.2. The van der Waals surface area contributed by atoms with E-state index in [-0.39, 0.29) is 18.1 Å². The lowest BCUT2D eigenvalue weighted by molar-refractivity contribution is -0.122. The van der Waals surface area contributed by atoms with E-state index >= 15 is 0 Å². The molecule has 4 rings (SSSR count). The summed E-state index contributed by atoms with van der Waals surface area (Å²) in [6.07, 6.45) is 1.39. The zero-order valence-corrected chi connectivity index (χ0v) is 20.1. The van der Waals surface area contributed by atoms with E-state index < -0.39 is 17.8 Å². The van der Waals surface area contributed by atoms with Crippen LogP contribution >= 0.6 is 0 Å². The largest absolute Gasteiger partial charge is 0.484 e. The van der Waals surface area contributed by atoms with Gasteiger partial charge in [-0.3, -0.25) is 19.7 Å². The van der Waals surface area contributed by atoms with E-state index in [1.807, 2.05) is 39.0 Å². The Morgan fingerprint density at radius 2 is 1.72 bits per heavy atom. The molecule has 0 aromatic heterocycles. The molecule has 3 aromatic rings. The summed E-state index contributed by atoms with van der Waals surface area (Å²) in [5.74, 6) is -1.45. The quantitative estimate of drug-likeness (QED) is 0.402. The van der Waals surface area contributed by atoms with E-state index in [9.17, 15) is 19.2 Å². The fourth-order valence-electron chi connectivity index (χ4n) is 3.69.